The SMILES string of the molecule is CC(O)(CN)c1cccnc1N1CCCCC1. The first-order valence-corrected chi connectivity index (χ1v) is 6.28. The van der Waals surface area contributed by atoms with Crippen LogP contribution in [0.15, 0.2) is 18.3 Å². The van der Waals surface area contributed by atoms with E-state index >= 15 is 0 Å². The highest BCUT2D eigenvalue weighted by atomic mass is 16.3. The van der Waals surface area contributed by atoms with E-state index in [-0.39, 0.29) is 6.54 Å². The van der Waals surface area contributed by atoms with E-state index < -0.39 is 5.60 Å². The summed E-state index contributed by atoms with van der Waals surface area (Å²) in [4.78, 5) is 6.68. The number of rotatable bonds is 3. The number of hydrogen-bond acceptors (Lipinski definition) is 4. The zero-order valence-corrected chi connectivity index (χ0v) is 10.4. The molecular formula is C13H21N3O. The number of pyridine rings is 1. The maximum Gasteiger partial charge on any atom is 0.134 e. The van der Waals surface area contributed by atoms with Gasteiger partial charge in [0.05, 0.1) is 0 Å². The summed E-state index contributed by atoms with van der Waals surface area (Å²) in [7, 11) is 0. The van der Waals surface area contributed by atoms with Gasteiger partial charge in [-0.1, -0.05) is 6.07 Å². The van der Waals surface area contributed by atoms with Crippen LogP contribution in [0.3, 0.4) is 0 Å². The minimum absolute atomic E-state index is 0.208. The number of aliphatic hydroxyl groups is 1. The predicted molar refractivity (Wildman–Crippen MR) is 68.9 cm³/mol. The number of anilines is 1. The highest BCUT2D eigenvalue weighted by molar-refractivity contribution is 5.50. The molecule has 0 saturated carbocycles. The van der Waals surface area contributed by atoms with Crippen molar-refractivity contribution in [2.24, 2.45) is 5.73 Å². The lowest BCUT2D eigenvalue weighted by atomic mass is 9.96. The Hall–Kier alpha value is -1.13. The maximum absolute atomic E-state index is 10.3. The molecule has 3 N–H and O–H groups in total. The number of nitrogens with two attached hydrogens (primary N) is 1. The molecule has 1 unspecified atom stereocenters. The molecule has 0 aromatic carbocycles. The van der Waals surface area contributed by atoms with E-state index in [9.17, 15) is 5.11 Å². The predicted octanol–water partition coefficient (Wildman–Crippen LogP) is 1.24. The maximum atomic E-state index is 10.3. The van der Waals surface area contributed by atoms with Crippen LogP contribution in [-0.2, 0) is 5.60 Å². The van der Waals surface area contributed by atoms with Crippen LogP contribution in [0.5, 0.6) is 0 Å². The topological polar surface area (TPSA) is 62.4 Å². The van der Waals surface area contributed by atoms with Gasteiger partial charge in [-0.05, 0) is 32.3 Å². The summed E-state index contributed by atoms with van der Waals surface area (Å²) in [5, 5.41) is 10.3. The van der Waals surface area contributed by atoms with Crippen LogP contribution in [0, 0.1) is 0 Å². The van der Waals surface area contributed by atoms with Gasteiger partial charge in [-0.2, -0.15) is 0 Å². The van der Waals surface area contributed by atoms with Crippen molar-refractivity contribution in [3.8, 4) is 0 Å². The Bertz CT molecular complexity index is 373. The Morgan fingerprint density at radius 2 is 2.12 bits per heavy atom. The second kappa shape index (κ2) is 5.02. The molecule has 94 valence electrons. The van der Waals surface area contributed by atoms with Crippen molar-refractivity contribution in [3.63, 3.8) is 0 Å². The molecule has 0 aliphatic carbocycles. The Morgan fingerprint density at radius 1 is 1.41 bits per heavy atom. The van der Waals surface area contributed by atoms with Gasteiger partial charge in [0, 0.05) is 31.4 Å². The molecule has 0 bridgehead atoms. The van der Waals surface area contributed by atoms with Crippen LogP contribution in [0.2, 0.25) is 0 Å². The fourth-order valence-corrected chi connectivity index (χ4v) is 2.29. The lowest BCUT2D eigenvalue weighted by molar-refractivity contribution is 0.0669. The van der Waals surface area contributed by atoms with Gasteiger partial charge in [-0.15, -0.1) is 0 Å². The second-order valence-corrected chi connectivity index (χ2v) is 4.90. The lowest BCUT2D eigenvalue weighted by Gasteiger charge is -2.33. The molecular weight excluding hydrogens is 214 g/mol. The number of piperidine rings is 1. The van der Waals surface area contributed by atoms with Gasteiger partial charge < -0.3 is 15.7 Å². The largest absolute Gasteiger partial charge is 0.384 e. The Balaban J connectivity index is 2.33. The van der Waals surface area contributed by atoms with E-state index in [4.69, 9.17) is 5.73 Å². The van der Waals surface area contributed by atoms with Gasteiger partial charge in [-0.25, -0.2) is 4.98 Å². The quantitative estimate of drug-likeness (QED) is 0.827. The third kappa shape index (κ3) is 2.58. The lowest BCUT2D eigenvalue weighted by Crippen LogP contribution is -2.37. The molecule has 1 fully saturated rings. The van der Waals surface area contributed by atoms with Gasteiger partial charge in [0.2, 0.25) is 0 Å². The van der Waals surface area contributed by atoms with E-state index in [0.29, 0.717) is 0 Å². The monoisotopic (exact) mass is 235 g/mol. The molecule has 1 aliphatic heterocycles. The molecule has 17 heavy (non-hydrogen) atoms. The summed E-state index contributed by atoms with van der Waals surface area (Å²) >= 11 is 0. The van der Waals surface area contributed by atoms with Gasteiger partial charge >= 0.3 is 0 Å². The third-order valence-electron chi connectivity index (χ3n) is 3.42. The summed E-state index contributed by atoms with van der Waals surface area (Å²) in [6, 6.07) is 3.77. The fourth-order valence-electron chi connectivity index (χ4n) is 2.29. The van der Waals surface area contributed by atoms with E-state index in [0.717, 1.165) is 24.5 Å². The average molecular weight is 235 g/mol. The molecule has 0 radical (unpaired) electrons. The minimum atomic E-state index is -0.999. The molecule has 2 heterocycles. The van der Waals surface area contributed by atoms with Gasteiger partial charge in [0.15, 0.2) is 0 Å². The average Bonchev–Trinajstić information content (AvgIpc) is 2.40. The van der Waals surface area contributed by atoms with E-state index in [1.54, 1.807) is 13.1 Å². The molecule has 0 amide bonds. The smallest absolute Gasteiger partial charge is 0.134 e. The van der Waals surface area contributed by atoms with Crippen molar-refractivity contribution in [2.45, 2.75) is 31.8 Å². The Kier molecular flexibility index (Phi) is 3.64. The van der Waals surface area contributed by atoms with Gasteiger partial charge in [0.1, 0.15) is 11.4 Å². The van der Waals surface area contributed by atoms with Crippen molar-refractivity contribution in [1.29, 1.82) is 0 Å². The summed E-state index contributed by atoms with van der Waals surface area (Å²) in [6.45, 7) is 3.99. The molecule has 1 atom stereocenters. The van der Waals surface area contributed by atoms with E-state index in [2.05, 4.69) is 9.88 Å². The number of aromatic nitrogens is 1. The van der Waals surface area contributed by atoms with Crippen LogP contribution < -0.4 is 10.6 Å². The van der Waals surface area contributed by atoms with Crippen LogP contribution in [0.25, 0.3) is 0 Å². The minimum Gasteiger partial charge on any atom is -0.384 e. The molecule has 4 heteroatoms. The molecule has 1 aliphatic rings. The summed E-state index contributed by atoms with van der Waals surface area (Å²) in [5.74, 6) is 0.891. The third-order valence-corrected chi connectivity index (χ3v) is 3.42. The van der Waals surface area contributed by atoms with Gasteiger partial charge in [-0.3, -0.25) is 0 Å². The molecule has 2 rings (SSSR count). The van der Waals surface area contributed by atoms with Crippen molar-refractivity contribution in [1.82, 2.24) is 4.98 Å². The van der Waals surface area contributed by atoms with E-state index in [1.165, 1.54) is 19.3 Å². The highest BCUT2D eigenvalue weighted by Crippen LogP contribution is 2.29. The molecule has 4 nitrogen and oxygen atoms in total. The van der Waals surface area contributed by atoms with Crippen molar-refractivity contribution in [3.05, 3.63) is 23.9 Å². The summed E-state index contributed by atoms with van der Waals surface area (Å²) in [5.41, 5.74) is 5.48. The van der Waals surface area contributed by atoms with Crippen molar-refractivity contribution in [2.75, 3.05) is 24.5 Å². The summed E-state index contributed by atoms with van der Waals surface area (Å²) in [6.07, 6.45) is 5.45. The van der Waals surface area contributed by atoms with Crippen LogP contribution in [0.4, 0.5) is 5.82 Å². The number of hydrogen-bond donors (Lipinski definition) is 2. The van der Waals surface area contributed by atoms with Crippen LogP contribution in [0.1, 0.15) is 31.7 Å². The normalized spacial score (nSPS) is 20.1. The summed E-state index contributed by atoms with van der Waals surface area (Å²) < 4.78 is 0. The van der Waals surface area contributed by atoms with Gasteiger partial charge in [0.25, 0.3) is 0 Å². The highest BCUT2D eigenvalue weighted by Gasteiger charge is 2.27. The Morgan fingerprint density at radius 3 is 2.76 bits per heavy atom. The van der Waals surface area contributed by atoms with Crippen molar-refractivity contribution >= 4 is 5.82 Å². The van der Waals surface area contributed by atoms with Crippen molar-refractivity contribution < 1.29 is 5.11 Å². The zero-order valence-electron chi connectivity index (χ0n) is 10.4. The fraction of sp³-hybridized carbons (Fsp3) is 0.615. The zero-order chi connectivity index (χ0) is 12.3. The first-order valence-electron chi connectivity index (χ1n) is 6.28. The molecule has 1 saturated heterocycles. The van der Waals surface area contributed by atoms with E-state index in [1.807, 2.05) is 12.1 Å². The van der Waals surface area contributed by atoms with Crippen LogP contribution in [-0.4, -0.2) is 29.7 Å². The Labute approximate surface area is 102 Å². The standard InChI is InChI=1S/C13H21N3O/c1-13(17,10-14)11-6-5-7-15-12(11)16-8-3-2-4-9-16/h5-7,17H,2-4,8-10,14H2,1H3. The molecule has 1 aromatic rings. The molecule has 0 spiro atoms. The molecule has 1 aromatic heterocycles. The first kappa shape index (κ1) is 12.3. The number of nitrogens with zero attached hydrogens (tertiary/aromatic N) is 2. The van der Waals surface area contributed by atoms with Crippen LogP contribution >= 0.6 is 0 Å². The first-order chi connectivity index (χ1) is 8.15. The second-order valence-electron chi connectivity index (χ2n) is 4.90.